The van der Waals surface area contributed by atoms with Crippen LogP contribution in [0.1, 0.15) is 107 Å². The van der Waals surface area contributed by atoms with E-state index in [1.54, 1.807) is 7.11 Å². The van der Waals surface area contributed by atoms with E-state index in [1.807, 2.05) is 49.2 Å². The summed E-state index contributed by atoms with van der Waals surface area (Å²) in [5.74, 6) is 3.24. The first-order valence-corrected chi connectivity index (χ1v) is 22.4. The molecule has 0 bridgehead atoms. The molecule has 5 heterocycles. The maximum Gasteiger partial charge on any atom is 0.136 e. The lowest BCUT2D eigenvalue weighted by Crippen LogP contribution is -2.49. The van der Waals surface area contributed by atoms with E-state index in [0.717, 1.165) is 49.6 Å². The monoisotopic (exact) mass is 835 g/mol. The molecule has 0 spiro atoms. The minimum absolute atomic E-state index is 0.0785. The third-order valence-corrected chi connectivity index (χ3v) is 11.4. The van der Waals surface area contributed by atoms with Crippen LogP contribution >= 0.6 is 0 Å². The van der Waals surface area contributed by atoms with Crippen molar-refractivity contribution in [2.75, 3.05) is 51.3 Å². The SMILES string of the molecule is CC(C)c1ccc2ncccc2c1.CC(C)c1ccc2nccn2c1.CC(C)c1ccncc1.COC(COc1ccc(C(C)C)cc1)CN1CCN(c2ccccc2C)CC1. The number of pyridine rings is 3. The van der Waals surface area contributed by atoms with Gasteiger partial charge in [-0.3, -0.25) is 14.9 Å². The van der Waals surface area contributed by atoms with Gasteiger partial charge in [0.2, 0.25) is 0 Å². The molecule has 3 aromatic carbocycles. The first-order valence-electron chi connectivity index (χ1n) is 22.4. The Bertz CT molecular complexity index is 2330. The first kappa shape index (κ1) is 47.5. The van der Waals surface area contributed by atoms with Gasteiger partial charge in [-0.1, -0.05) is 104 Å². The van der Waals surface area contributed by atoms with Crippen LogP contribution in [-0.2, 0) is 4.74 Å². The Hall–Kier alpha value is -5.57. The van der Waals surface area contributed by atoms with E-state index < -0.39 is 0 Å². The highest BCUT2D eigenvalue weighted by Crippen LogP contribution is 2.23. The van der Waals surface area contributed by atoms with Crippen molar-refractivity contribution in [3.63, 3.8) is 0 Å². The third-order valence-electron chi connectivity index (χ3n) is 11.4. The van der Waals surface area contributed by atoms with Gasteiger partial charge < -0.3 is 18.8 Å². The van der Waals surface area contributed by atoms with E-state index in [-0.39, 0.29) is 6.10 Å². The number of piperazine rings is 1. The van der Waals surface area contributed by atoms with Crippen molar-refractivity contribution in [3.05, 3.63) is 168 Å². The van der Waals surface area contributed by atoms with E-state index >= 15 is 0 Å². The Morgan fingerprint density at radius 3 is 1.85 bits per heavy atom. The van der Waals surface area contributed by atoms with Crippen LogP contribution in [0, 0.1) is 6.92 Å². The fourth-order valence-corrected chi connectivity index (χ4v) is 7.19. The average Bonchev–Trinajstić information content (AvgIpc) is 3.78. The largest absolute Gasteiger partial charge is 0.491 e. The smallest absolute Gasteiger partial charge is 0.136 e. The van der Waals surface area contributed by atoms with Crippen LogP contribution in [0.25, 0.3) is 16.6 Å². The quantitative estimate of drug-likeness (QED) is 0.129. The molecular weight excluding hydrogens is 765 g/mol. The molecule has 1 atom stereocenters. The number of rotatable bonds is 11. The summed E-state index contributed by atoms with van der Waals surface area (Å²) in [5, 5.41) is 1.23. The van der Waals surface area contributed by atoms with Gasteiger partial charge in [0.15, 0.2) is 0 Å². The Labute approximate surface area is 372 Å². The van der Waals surface area contributed by atoms with E-state index in [9.17, 15) is 0 Å². The van der Waals surface area contributed by atoms with Crippen molar-refractivity contribution in [1.29, 1.82) is 0 Å². The minimum atomic E-state index is 0.0785. The molecule has 8 heteroatoms. The normalized spacial score (nSPS) is 13.4. The number of nitrogens with zero attached hydrogens (tertiary/aromatic N) is 6. The molecule has 0 saturated carbocycles. The van der Waals surface area contributed by atoms with Crippen LogP contribution in [0.3, 0.4) is 0 Å². The predicted molar refractivity (Wildman–Crippen MR) is 260 cm³/mol. The number of imidazole rings is 1. The van der Waals surface area contributed by atoms with E-state index in [2.05, 4.69) is 183 Å². The summed E-state index contributed by atoms with van der Waals surface area (Å²) in [4.78, 5) is 17.4. The lowest BCUT2D eigenvalue weighted by atomic mass is 10.0. The van der Waals surface area contributed by atoms with Gasteiger partial charge in [-0.25, -0.2) is 4.98 Å². The number of hydrogen-bond donors (Lipinski definition) is 0. The second kappa shape index (κ2) is 24.2. The highest BCUT2D eigenvalue weighted by Gasteiger charge is 2.21. The van der Waals surface area contributed by atoms with Gasteiger partial charge in [0.1, 0.15) is 24.1 Å². The molecule has 0 radical (unpaired) electrons. The Balaban J connectivity index is 0.000000176. The van der Waals surface area contributed by atoms with Crippen molar-refractivity contribution in [2.24, 2.45) is 0 Å². The van der Waals surface area contributed by atoms with E-state index in [1.165, 1.54) is 38.9 Å². The zero-order valence-electron chi connectivity index (χ0n) is 38.9. The summed E-state index contributed by atoms with van der Waals surface area (Å²) in [6.45, 7) is 25.4. The predicted octanol–water partition coefficient (Wildman–Crippen LogP) is 12.4. The van der Waals surface area contributed by atoms with Gasteiger partial charge >= 0.3 is 0 Å². The molecule has 1 aliphatic rings. The standard InChI is InChI=1S/C24H34N2O2.C12H13N.C10H12N2.C8H11N/c1-19(2)21-9-11-22(12-10-21)28-18-23(27-4)17-25-13-15-26(16-14-25)24-8-6-5-7-20(24)3;1-9(2)10-5-6-12-11(8-10)4-3-7-13-12;1-8(2)9-3-4-10-11-5-6-12(10)7-9;1-7(2)8-3-5-9-6-4-8/h5-12,19,23H,13-18H2,1-4H3;3-9H,1-2H3;3-8H,1-2H3;3-7H,1-2H3. The maximum absolute atomic E-state index is 5.98. The Kier molecular flexibility index (Phi) is 18.5. The van der Waals surface area contributed by atoms with Gasteiger partial charge in [0.25, 0.3) is 0 Å². The first-order chi connectivity index (χ1) is 29.9. The molecule has 0 N–H and O–H groups in total. The molecule has 7 aromatic rings. The third kappa shape index (κ3) is 14.5. The number of aromatic nitrogens is 4. The summed E-state index contributed by atoms with van der Waals surface area (Å²) < 4.78 is 13.7. The summed E-state index contributed by atoms with van der Waals surface area (Å²) in [7, 11) is 1.78. The second-order valence-corrected chi connectivity index (χ2v) is 17.3. The molecule has 0 amide bonds. The number of ether oxygens (including phenoxy) is 2. The number of fused-ring (bicyclic) bond motifs is 2. The van der Waals surface area contributed by atoms with Crippen molar-refractivity contribution >= 4 is 22.2 Å². The fraction of sp³-hybridized carbons (Fsp3) is 0.389. The van der Waals surface area contributed by atoms with Crippen LogP contribution in [0.4, 0.5) is 5.69 Å². The zero-order chi connectivity index (χ0) is 44.4. The average molecular weight is 835 g/mol. The Morgan fingerprint density at radius 2 is 1.23 bits per heavy atom. The van der Waals surface area contributed by atoms with Crippen molar-refractivity contribution in [1.82, 2.24) is 24.3 Å². The number of para-hydroxylation sites is 1. The van der Waals surface area contributed by atoms with Crippen LogP contribution < -0.4 is 9.64 Å². The number of aryl methyl sites for hydroxylation is 1. The number of anilines is 1. The summed E-state index contributed by atoms with van der Waals surface area (Å²) in [6.07, 6.45) is 11.5. The molecule has 62 heavy (non-hydrogen) atoms. The van der Waals surface area contributed by atoms with Gasteiger partial charge in [0, 0.05) is 88.1 Å². The molecule has 8 nitrogen and oxygen atoms in total. The topological polar surface area (TPSA) is 68.0 Å². The summed E-state index contributed by atoms with van der Waals surface area (Å²) in [6, 6.07) is 35.9. The highest BCUT2D eigenvalue weighted by molar-refractivity contribution is 5.79. The highest BCUT2D eigenvalue weighted by atomic mass is 16.5. The van der Waals surface area contributed by atoms with Crippen molar-refractivity contribution in [2.45, 2.75) is 92.1 Å². The van der Waals surface area contributed by atoms with E-state index in [4.69, 9.17) is 9.47 Å². The molecule has 0 aliphatic carbocycles. The number of benzene rings is 3. The van der Waals surface area contributed by atoms with Crippen molar-refractivity contribution < 1.29 is 9.47 Å². The molecule has 328 valence electrons. The molecule has 1 aliphatic heterocycles. The molecule has 1 fully saturated rings. The summed E-state index contributed by atoms with van der Waals surface area (Å²) in [5.41, 5.74) is 10.2. The number of methoxy groups -OCH3 is 1. The lowest BCUT2D eigenvalue weighted by Gasteiger charge is -2.37. The van der Waals surface area contributed by atoms with Crippen LogP contribution in [0.5, 0.6) is 5.75 Å². The van der Waals surface area contributed by atoms with E-state index in [0.29, 0.717) is 30.3 Å². The van der Waals surface area contributed by atoms with Gasteiger partial charge in [-0.2, -0.15) is 0 Å². The molecule has 4 aromatic heterocycles. The number of hydrogen-bond acceptors (Lipinski definition) is 7. The maximum atomic E-state index is 5.98. The molecule has 1 saturated heterocycles. The van der Waals surface area contributed by atoms with Gasteiger partial charge in [-0.05, 0) is 113 Å². The fourth-order valence-electron chi connectivity index (χ4n) is 7.19. The molecule has 8 rings (SSSR count). The Morgan fingerprint density at radius 1 is 0.597 bits per heavy atom. The zero-order valence-corrected chi connectivity index (χ0v) is 38.9. The van der Waals surface area contributed by atoms with Crippen LogP contribution in [0.15, 0.2) is 140 Å². The van der Waals surface area contributed by atoms with Crippen LogP contribution in [-0.4, -0.2) is 76.8 Å². The van der Waals surface area contributed by atoms with Gasteiger partial charge in [0.05, 0.1) is 5.52 Å². The minimum Gasteiger partial charge on any atom is -0.491 e. The molecule has 1 unspecified atom stereocenters. The second-order valence-electron chi connectivity index (χ2n) is 17.3. The molecular formula is C54H70N6O2. The van der Waals surface area contributed by atoms with Crippen molar-refractivity contribution in [3.8, 4) is 5.75 Å². The van der Waals surface area contributed by atoms with Crippen LogP contribution in [0.2, 0.25) is 0 Å². The lowest BCUT2D eigenvalue weighted by molar-refractivity contribution is 0.0281. The van der Waals surface area contributed by atoms with Gasteiger partial charge in [-0.15, -0.1) is 0 Å². The summed E-state index contributed by atoms with van der Waals surface area (Å²) >= 11 is 0.